The largest absolute Gasteiger partial charge is 0.391 e. The van der Waals surface area contributed by atoms with Crippen molar-refractivity contribution >= 4 is 35.6 Å². The van der Waals surface area contributed by atoms with E-state index in [-0.39, 0.29) is 5.91 Å². The highest BCUT2D eigenvalue weighted by Crippen LogP contribution is 2.50. The van der Waals surface area contributed by atoms with Crippen molar-refractivity contribution in [1.82, 2.24) is 4.90 Å². The summed E-state index contributed by atoms with van der Waals surface area (Å²) < 4.78 is 0.357. The molecule has 0 unspecified atom stereocenters. The molecule has 1 spiro atoms. The van der Waals surface area contributed by atoms with Gasteiger partial charge in [-0.3, -0.25) is 4.79 Å². The van der Waals surface area contributed by atoms with Crippen LogP contribution in [0.4, 0.5) is 0 Å². The molecule has 1 aromatic rings. The predicted octanol–water partition coefficient (Wildman–Crippen LogP) is 3.38. The number of rotatable bonds is 4. The highest BCUT2D eigenvalue weighted by Gasteiger charge is 2.37. The minimum Gasteiger partial charge on any atom is -0.391 e. The first-order chi connectivity index (χ1) is 11.3. The predicted molar refractivity (Wildman–Crippen MR) is 97.8 cm³/mol. The van der Waals surface area contributed by atoms with Crippen LogP contribution in [0.1, 0.15) is 24.8 Å². The monoisotopic (exact) mass is 350 g/mol. The molecule has 2 saturated heterocycles. The lowest BCUT2D eigenvalue weighted by Gasteiger charge is -2.25. The summed E-state index contributed by atoms with van der Waals surface area (Å²) in [6.45, 7) is 2.04. The van der Waals surface area contributed by atoms with Crippen molar-refractivity contribution in [3.8, 4) is 0 Å². The summed E-state index contributed by atoms with van der Waals surface area (Å²) in [6.07, 6.45) is 4.67. The van der Waals surface area contributed by atoms with Crippen molar-refractivity contribution in [2.24, 2.45) is 5.16 Å². The number of oxime groups is 1. The Morgan fingerprint density at radius 1 is 1.22 bits per heavy atom. The molecule has 0 atom stereocenters. The first-order valence-electron chi connectivity index (χ1n) is 8.04. The highest BCUT2D eigenvalue weighted by atomic mass is 32.2. The Hall–Kier alpha value is -1.14. The maximum absolute atomic E-state index is 12.2. The van der Waals surface area contributed by atoms with Crippen LogP contribution >= 0.6 is 23.5 Å². The molecule has 23 heavy (non-hydrogen) atoms. The van der Waals surface area contributed by atoms with Gasteiger partial charge in [0, 0.05) is 24.6 Å². The van der Waals surface area contributed by atoms with E-state index >= 15 is 0 Å². The molecular weight excluding hydrogens is 328 g/mol. The van der Waals surface area contributed by atoms with E-state index in [0.717, 1.165) is 31.5 Å². The number of thioether (sulfide) groups is 2. The molecular formula is C17H22N2O2S2. The fourth-order valence-electron chi connectivity index (χ4n) is 2.94. The fourth-order valence-corrected chi connectivity index (χ4v) is 6.23. The number of hydrogen-bond acceptors (Lipinski definition) is 5. The van der Waals surface area contributed by atoms with Crippen LogP contribution in [-0.2, 0) is 16.2 Å². The third kappa shape index (κ3) is 4.67. The second-order valence-corrected chi connectivity index (χ2v) is 9.00. The molecule has 4 nitrogen and oxygen atoms in total. The molecule has 0 N–H and O–H groups in total. The quantitative estimate of drug-likeness (QED) is 0.617. The van der Waals surface area contributed by atoms with Gasteiger partial charge in [-0.05, 0) is 24.8 Å². The van der Waals surface area contributed by atoms with E-state index in [9.17, 15) is 4.79 Å². The SMILES string of the molecule is O=C(/C=N/OCc1ccccc1)N1CCCC2(CC1)SCCS2. The van der Waals surface area contributed by atoms with Crippen LogP contribution in [-0.4, -0.2) is 45.7 Å². The molecule has 1 aromatic carbocycles. The Morgan fingerprint density at radius 2 is 2.00 bits per heavy atom. The number of amides is 1. The van der Waals surface area contributed by atoms with Crippen LogP contribution in [0.5, 0.6) is 0 Å². The summed E-state index contributed by atoms with van der Waals surface area (Å²) in [4.78, 5) is 19.4. The van der Waals surface area contributed by atoms with Gasteiger partial charge in [0.1, 0.15) is 12.8 Å². The summed E-state index contributed by atoms with van der Waals surface area (Å²) in [7, 11) is 0. The molecule has 0 aliphatic carbocycles. The summed E-state index contributed by atoms with van der Waals surface area (Å²) in [6, 6.07) is 9.83. The van der Waals surface area contributed by atoms with Crippen molar-refractivity contribution in [3.05, 3.63) is 35.9 Å². The van der Waals surface area contributed by atoms with Crippen molar-refractivity contribution in [2.75, 3.05) is 24.6 Å². The Morgan fingerprint density at radius 3 is 2.78 bits per heavy atom. The Kier molecular flexibility index (Phi) is 5.89. The molecule has 6 heteroatoms. The van der Waals surface area contributed by atoms with Gasteiger partial charge < -0.3 is 9.74 Å². The van der Waals surface area contributed by atoms with E-state index in [1.165, 1.54) is 24.1 Å². The molecule has 3 rings (SSSR count). The van der Waals surface area contributed by atoms with Crippen molar-refractivity contribution in [3.63, 3.8) is 0 Å². The van der Waals surface area contributed by atoms with Crippen LogP contribution in [0, 0.1) is 0 Å². The lowest BCUT2D eigenvalue weighted by Crippen LogP contribution is -2.33. The topological polar surface area (TPSA) is 41.9 Å². The fraction of sp³-hybridized carbons (Fsp3) is 0.529. The molecule has 2 fully saturated rings. The second kappa shape index (κ2) is 8.11. The Bertz CT molecular complexity index is 545. The molecule has 2 aliphatic rings. The van der Waals surface area contributed by atoms with Crippen molar-refractivity contribution in [1.29, 1.82) is 0 Å². The third-order valence-electron chi connectivity index (χ3n) is 4.19. The lowest BCUT2D eigenvalue weighted by atomic mass is 10.2. The van der Waals surface area contributed by atoms with Gasteiger partial charge in [-0.2, -0.15) is 0 Å². The van der Waals surface area contributed by atoms with Gasteiger partial charge in [-0.25, -0.2) is 0 Å². The van der Waals surface area contributed by atoms with Crippen LogP contribution in [0.3, 0.4) is 0 Å². The molecule has 0 bridgehead atoms. The Balaban J connectivity index is 1.45. The lowest BCUT2D eigenvalue weighted by molar-refractivity contribution is -0.123. The van der Waals surface area contributed by atoms with Gasteiger partial charge in [0.05, 0.1) is 4.08 Å². The average Bonchev–Trinajstić information content (AvgIpc) is 2.93. The molecule has 1 amide bonds. The zero-order chi connectivity index (χ0) is 16.0. The van der Waals surface area contributed by atoms with E-state index in [1.54, 1.807) is 0 Å². The van der Waals surface area contributed by atoms with Crippen LogP contribution in [0.15, 0.2) is 35.5 Å². The zero-order valence-corrected chi connectivity index (χ0v) is 14.8. The number of benzene rings is 1. The van der Waals surface area contributed by atoms with Crippen molar-refractivity contribution < 1.29 is 9.63 Å². The van der Waals surface area contributed by atoms with Crippen LogP contribution < -0.4 is 0 Å². The van der Waals surface area contributed by atoms with E-state index in [1.807, 2.05) is 35.2 Å². The van der Waals surface area contributed by atoms with Gasteiger partial charge in [-0.15, -0.1) is 23.5 Å². The molecule has 0 aromatic heterocycles. The number of likely N-dealkylation sites (tertiary alicyclic amines) is 1. The van der Waals surface area contributed by atoms with E-state index in [4.69, 9.17) is 4.84 Å². The third-order valence-corrected chi connectivity index (χ3v) is 7.84. The molecule has 0 saturated carbocycles. The van der Waals surface area contributed by atoms with Crippen LogP contribution in [0.25, 0.3) is 0 Å². The van der Waals surface area contributed by atoms with Crippen LogP contribution in [0.2, 0.25) is 0 Å². The first kappa shape index (κ1) is 16.7. The highest BCUT2D eigenvalue weighted by molar-refractivity contribution is 8.21. The summed E-state index contributed by atoms with van der Waals surface area (Å²) in [5.74, 6) is 2.45. The van der Waals surface area contributed by atoms with Gasteiger partial charge in [0.2, 0.25) is 0 Å². The van der Waals surface area contributed by atoms with Gasteiger partial charge >= 0.3 is 0 Å². The van der Waals surface area contributed by atoms with Gasteiger partial charge in [0.15, 0.2) is 0 Å². The minimum atomic E-state index is -0.0388. The standard InChI is InChI=1S/C17H22N2O2S2/c20-16(13-18-21-14-15-5-2-1-3-6-15)19-9-4-7-17(8-10-19)22-11-12-23-17/h1-3,5-6,13H,4,7-12,14H2/b18-13+. The maximum atomic E-state index is 12.2. The Labute approximate surface area is 146 Å². The normalized spacial score (nSPS) is 20.8. The minimum absolute atomic E-state index is 0.0388. The number of carbonyl (C=O) groups excluding carboxylic acids is 1. The average molecular weight is 351 g/mol. The molecule has 2 aliphatic heterocycles. The van der Waals surface area contributed by atoms with E-state index in [0.29, 0.717) is 10.7 Å². The van der Waals surface area contributed by atoms with Gasteiger partial charge in [0.25, 0.3) is 5.91 Å². The maximum Gasteiger partial charge on any atom is 0.268 e. The summed E-state index contributed by atoms with van der Waals surface area (Å²) in [5.41, 5.74) is 1.05. The zero-order valence-electron chi connectivity index (χ0n) is 13.1. The van der Waals surface area contributed by atoms with E-state index < -0.39 is 0 Å². The van der Waals surface area contributed by atoms with Gasteiger partial charge in [-0.1, -0.05) is 35.5 Å². The number of hydrogen-bond donors (Lipinski definition) is 0. The molecule has 2 heterocycles. The summed E-state index contributed by atoms with van der Waals surface area (Å²) in [5, 5.41) is 3.83. The first-order valence-corrected chi connectivity index (χ1v) is 10.0. The summed E-state index contributed by atoms with van der Waals surface area (Å²) >= 11 is 4.16. The van der Waals surface area contributed by atoms with E-state index in [2.05, 4.69) is 28.7 Å². The second-order valence-electron chi connectivity index (χ2n) is 5.78. The molecule has 124 valence electrons. The van der Waals surface area contributed by atoms with Crippen molar-refractivity contribution in [2.45, 2.75) is 29.9 Å². The number of nitrogens with zero attached hydrogens (tertiary/aromatic N) is 2. The number of carbonyl (C=O) groups is 1. The smallest absolute Gasteiger partial charge is 0.268 e. The molecule has 0 radical (unpaired) electrons.